The van der Waals surface area contributed by atoms with Gasteiger partial charge in [-0.2, -0.15) is 0 Å². The zero-order valence-electron chi connectivity index (χ0n) is 10.2. The smallest absolute Gasteiger partial charge is 0.291 e. The van der Waals surface area contributed by atoms with E-state index in [1.807, 2.05) is 19.1 Å². The van der Waals surface area contributed by atoms with Crippen molar-refractivity contribution in [2.75, 3.05) is 11.9 Å². The van der Waals surface area contributed by atoms with E-state index in [1.165, 1.54) is 6.26 Å². The molecule has 0 bridgehead atoms. The quantitative estimate of drug-likeness (QED) is 0.879. The molecule has 0 aliphatic rings. The molecule has 0 fully saturated rings. The molecule has 1 aromatic heterocycles. The van der Waals surface area contributed by atoms with Crippen LogP contribution < -0.4 is 10.1 Å². The van der Waals surface area contributed by atoms with Crippen molar-refractivity contribution in [3.63, 3.8) is 0 Å². The Bertz CT molecular complexity index is 506. The monoisotopic (exact) mass is 245 g/mol. The summed E-state index contributed by atoms with van der Waals surface area (Å²) in [4.78, 5) is 11.8. The molecule has 0 aliphatic heterocycles. The molecule has 1 amide bonds. The van der Waals surface area contributed by atoms with E-state index >= 15 is 0 Å². The summed E-state index contributed by atoms with van der Waals surface area (Å²) in [5.74, 6) is 0.761. The molecule has 2 aromatic rings. The van der Waals surface area contributed by atoms with Crippen molar-refractivity contribution in [1.29, 1.82) is 0 Å². The first kappa shape index (κ1) is 12.2. The van der Waals surface area contributed by atoms with Gasteiger partial charge in [0, 0.05) is 11.8 Å². The highest BCUT2D eigenvalue weighted by molar-refractivity contribution is 6.02. The molecular weight excluding hydrogens is 230 g/mol. The number of hydrogen-bond acceptors (Lipinski definition) is 3. The Hall–Kier alpha value is -2.23. The Morgan fingerprint density at radius 2 is 2.22 bits per heavy atom. The summed E-state index contributed by atoms with van der Waals surface area (Å²) >= 11 is 0. The summed E-state index contributed by atoms with van der Waals surface area (Å²) in [5, 5.41) is 2.75. The van der Waals surface area contributed by atoms with Gasteiger partial charge >= 0.3 is 0 Å². The molecule has 0 saturated carbocycles. The van der Waals surface area contributed by atoms with E-state index in [-0.39, 0.29) is 11.7 Å². The summed E-state index contributed by atoms with van der Waals surface area (Å²) in [7, 11) is 0. The first-order valence-corrected chi connectivity index (χ1v) is 5.87. The van der Waals surface area contributed by atoms with Crippen LogP contribution in [0.3, 0.4) is 0 Å². The molecule has 0 spiro atoms. The third-order valence-electron chi connectivity index (χ3n) is 2.31. The molecule has 0 atom stereocenters. The first-order valence-electron chi connectivity index (χ1n) is 5.87. The van der Waals surface area contributed by atoms with Gasteiger partial charge in [-0.15, -0.1) is 0 Å². The number of anilines is 1. The van der Waals surface area contributed by atoms with Crippen LogP contribution in [0.1, 0.15) is 23.9 Å². The largest absolute Gasteiger partial charge is 0.494 e. The lowest BCUT2D eigenvalue weighted by molar-refractivity contribution is 0.0996. The van der Waals surface area contributed by atoms with Crippen molar-refractivity contribution in [2.24, 2.45) is 0 Å². The predicted molar refractivity (Wildman–Crippen MR) is 68.9 cm³/mol. The van der Waals surface area contributed by atoms with E-state index < -0.39 is 0 Å². The number of nitrogens with one attached hydrogen (secondary N) is 1. The zero-order chi connectivity index (χ0) is 12.8. The molecule has 4 heteroatoms. The van der Waals surface area contributed by atoms with Crippen molar-refractivity contribution >= 4 is 11.6 Å². The summed E-state index contributed by atoms with van der Waals surface area (Å²) in [6.07, 6.45) is 2.42. The predicted octanol–water partition coefficient (Wildman–Crippen LogP) is 3.32. The third kappa shape index (κ3) is 3.13. The number of furan rings is 1. The van der Waals surface area contributed by atoms with E-state index in [2.05, 4.69) is 5.32 Å². The SMILES string of the molecule is CCCOc1cccc(NC(=O)c2ccco2)c1. The Kier molecular flexibility index (Phi) is 4.02. The van der Waals surface area contributed by atoms with Gasteiger partial charge in [-0.05, 0) is 30.7 Å². The number of carbonyl (C=O) groups is 1. The van der Waals surface area contributed by atoms with E-state index in [4.69, 9.17) is 9.15 Å². The Balaban J connectivity index is 2.03. The van der Waals surface area contributed by atoms with Crippen molar-refractivity contribution in [3.05, 3.63) is 48.4 Å². The van der Waals surface area contributed by atoms with Crippen molar-refractivity contribution < 1.29 is 13.9 Å². The summed E-state index contributed by atoms with van der Waals surface area (Å²) in [6, 6.07) is 10.6. The van der Waals surface area contributed by atoms with Gasteiger partial charge in [0.2, 0.25) is 0 Å². The van der Waals surface area contributed by atoms with E-state index in [9.17, 15) is 4.79 Å². The number of hydrogen-bond donors (Lipinski definition) is 1. The van der Waals surface area contributed by atoms with Crippen molar-refractivity contribution in [2.45, 2.75) is 13.3 Å². The highest BCUT2D eigenvalue weighted by atomic mass is 16.5. The second-order valence-corrected chi connectivity index (χ2v) is 3.81. The van der Waals surface area contributed by atoms with Crippen LogP contribution in [0.25, 0.3) is 0 Å². The van der Waals surface area contributed by atoms with Crippen LogP contribution in [0, 0.1) is 0 Å². The topological polar surface area (TPSA) is 51.5 Å². The minimum atomic E-state index is -0.271. The van der Waals surface area contributed by atoms with Gasteiger partial charge < -0.3 is 14.5 Å². The maximum Gasteiger partial charge on any atom is 0.291 e. The number of amides is 1. The van der Waals surface area contributed by atoms with Gasteiger partial charge in [-0.1, -0.05) is 13.0 Å². The normalized spacial score (nSPS) is 10.1. The zero-order valence-corrected chi connectivity index (χ0v) is 10.2. The van der Waals surface area contributed by atoms with Crippen LogP contribution in [-0.4, -0.2) is 12.5 Å². The fraction of sp³-hybridized carbons (Fsp3) is 0.214. The molecular formula is C14H15NO3. The Morgan fingerprint density at radius 1 is 1.33 bits per heavy atom. The first-order chi connectivity index (χ1) is 8.79. The molecule has 2 rings (SSSR count). The average molecular weight is 245 g/mol. The summed E-state index contributed by atoms with van der Waals surface area (Å²) in [6.45, 7) is 2.71. The molecule has 94 valence electrons. The molecule has 0 aliphatic carbocycles. The van der Waals surface area contributed by atoms with Crippen LogP contribution >= 0.6 is 0 Å². The van der Waals surface area contributed by atoms with E-state index in [1.54, 1.807) is 24.3 Å². The number of ether oxygens (including phenoxy) is 1. The van der Waals surface area contributed by atoms with Crippen molar-refractivity contribution in [1.82, 2.24) is 0 Å². The summed E-state index contributed by atoms with van der Waals surface area (Å²) in [5.41, 5.74) is 0.685. The lowest BCUT2D eigenvalue weighted by Gasteiger charge is -2.07. The highest BCUT2D eigenvalue weighted by Crippen LogP contribution is 2.18. The lowest BCUT2D eigenvalue weighted by atomic mass is 10.3. The second kappa shape index (κ2) is 5.91. The van der Waals surface area contributed by atoms with Crippen molar-refractivity contribution in [3.8, 4) is 5.75 Å². The van der Waals surface area contributed by atoms with Gasteiger partial charge in [0.05, 0.1) is 12.9 Å². The Morgan fingerprint density at radius 3 is 2.94 bits per heavy atom. The van der Waals surface area contributed by atoms with E-state index in [0.29, 0.717) is 12.3 Å². The van der Waals surface area contributed by atoms with Gasteiger partial charge in [0.15, 0.2) is 5.76 Å². The maximum atomic E-state index is 11.8. The molecule has 0 unspecified atom stereocenters. The molecule has 4 nitrogen and oxygen atoms in total. The Labute approximate surface area is 106 Å². The average Bonchev–Trinajstić information content (AvgIpc) is 2.91. The number of carbonyl (C=O) groups excluding carboxylic acids is 1. The highest BCUT2D eigenvalue weighted by Gasteiger charge is 2.08. The minimum Gasteiger partial charge on any atom is -0.494 e. The minimum absolute atomic E-state index is 0.271. The van der Waals surface area contributed by atoms with Crippen LogP contribution in [0.2, 0.25) is 0 Å². The van der Waals surface area contributed by atoms with Crippen LogP contribution in [-0.2, 0) is 0 Å². The van der Waals surface area contributed by atoms with Crippen LogP contribution in [0.4, 0.5) is 5.69 Å². The molecule has 1 N–H and O–H groups in total. The standard InChI is InChI=1S/C14H15NO3/c1-2-8-17-12-6-3-5-11(10-12)15-14(16)13-7-4-9-18-13/h3-7,9-10H,2,8H2,1H3,(H,15,16). The number of benzene rings is 1. The maximum absolute atomic E-state index is 11.8. The van der Waals surface area contributed by atoms with E-state index in [0.717, 1.165) is 12.2 Å². The lowest BCUT2D eigenvalue weighted by Crippen LogP contribution is -2.10. The van der Waals surface area contributed by atoms with Crippen LogP contribution in [0.15, 0.2) is 47.1 Å². The van der Waals surface area contributed by atoms with Gasteiger partial charge in [-0.3, -0.25) is 4.79 Å². The summed E-state index contributed by atoms with van der Waals surface area (Å²) < 4.78 is 10.5. The fourth-order valence-electron chi connectivity index (χ4n) is 1.48. The fourth-order valence-corrected chi connectivity index (χ4v) is 1.48. The molecule has 1 aromatic carbocycles. The number of rotatable bonds is 5. The second-order valence-electron chi connectivity index (χ2n) is 3.81. The van der Waals surface area contributed by atoms with Gasteiger partial charge in [0.25, 0.3) is 5.91 Å². The molecule has 0 saturated heterocycles. The van der Waals surface area contributed by atoms with Gasteiger partial charge in [-0.25, -0.2) is 0 Å². The molecule has 18 heavy (non-hydrogen) atoms. The van der Waals surface area contributed by atoms with Gasteiger partial charge in [0.1, 0.15) is 5.75 Å². The molecule has 1 heterocycles. The van der Waals surface area contributed by atoms with Crippen LogP contribution in [0.5, 0.6) is 5.75 Å². The molecule has 0 radical (unpaired) electrons. The third-order valence-corrected chi connectivity index (χ3v) is 2.31.